The number of aryl methyl sites for hydroxylation is 2. The number of anilines is 1. The van der Waals surface area contributed by atoms with Crippen LogP contribution in [0.4, 0.5) is 5.69 Å². The summed E-state index contributed by atoms with van der Waals surface area (Å²) in [5.41, 5.74) is 8.97. The third-order valence-electron chi connectivity index (χ3n) is 3.82. The number of amidine groups is 1. The highest BCUT2D eigenvalue weighted by Crippen LogP contribution is 2.29. The number of nitrogens with zero attached hydrogens (tertiary/aromatic N) is 3. The number of pyridine rings is 1. The quantitative estimate of drug-likeness (QED) is 0.333. The van der Waals surface area contributed by atoms with Gasteiger partial charge in [0.15, 0.2) is 5.84 Å². The first-order valence-corrected chi connectivity index (χ1v) is 6.92. The van der Waals surface area contributed by atoms with Crippen LogP contribution in [-0.4, -0.2) is 40.3 Å². The Bertz CT molecular complexity index is 516. The van der Waals surface area contributed by atoms with Crippen LogP contribution in [-0.2, 0) is 0 Å². The maximum Gasteiger partial charge on any atom is 0.174 e. The maximum absolute atomic E-state index is 9.58. The molecule has 1 saturated heterocycles. The van der Waals surface area contributed by atoms with Crippen LogP contribution < -0.4 is 10.6 Å². The van der Waals surface area contributed by atoms with Crippen molar-refractivity contribution in [1.29, 1.82) is 0 Å². The normalized spacial score (nSPS) is 20.2. The topological polar surface area (TPSA) is 95.0 Å². The minimum Gasteiger partial charge on any atom is -0.409 e. The molecule has 4 N–H and O–H groups in total. The molecule has 1 fully saturated rings. The second kappa shape index (κ2) is 6.09. The average Bonchev–Trinajstić information content (AvgIpc) is 2.45. The second-order valence-electron chi connectivity index (χ2n) is 5.25. The summed E-state index contributed by atoms with van der Waals surface area (Å²) in [6, 6.07) is 2.02. The fourth-order valence-corrected chi connectivity index (χ4v) is 2.91. The zero-order chi connectivity index (χ0) is 14.7. The van der Waals surface area contributed by atoms with E-state index >= 15 is 0 Å². The first-order valence-electron chi connectivity index (χ1n) is 6.92. The SMILES string of the molecule is Cc1cc(N2CCCCC2CO)c(/C(N)=N/O)c(C)n1. The van der Waals surface area contributed by atoms with E-state index in [4.69, 9.17) is 10.9 Å². The molecule has 2 rings (SSSR count). The highest BCUT2D eigenvalue weighted by atomic mass is 16.4. The van der Waals surface area contributed by atoms with Crippen LogP contribution in [0.2, 0.25) is 0 Å². The van der Waals surface area contributed by atoms with E-state index < -0.39 is 0 Å². The van der Waals surface area contributed by atoms with E-state index in [1.54, 1.807) is 0 Å². The first kappa shape index (κ1) is 14.6. The third kappa shape index (κ3) is 2.70. The van der Waals surface area contributed by atoms with Crippen molar-refractivity contribution in [2.75, 3.05) is 18.1 Å². The Kier molecular flexibility index (Phi) is 4.44. The fourth-order valence-electron chi connectivity index (χ4n) is 2.91. The molecule has 0 aromatic carbocycles. The van der Waals surface area contributed by atoms with Gasteiger partial charge in [-0.3, -0.25) is 4.98 Å². The molecule has 1 unspecified atom stereocenters. The van der Waals surface area contributed by atoms with Crippen molar-refractivity contribution >= 4 is 11.5 Å². The van der Waals surface area contributed by atoms with Crippen molar-refractivity contribution in [2.24, 2.45) is 10.9 Å². The Morgan fingerprint density at radius 1 is 1.50 bits per heavy atom. The predicted octanol–water partition coefficient (Wildman–Crippen LogP) is 1.14. The van der Waals surface area contributed by atoms with Crippen LogP contribution in [0.25, 0.3) is 0 Å². The summed E-state index contributed by atoms with van der Waals surface area (Å²) >= 11 is 0. The highest BCUT2D eigenvalue weighted by Gasteiger charge is 2.26. The summed E-state index contributed by atoms with van der Waals surface area (Å²) in [6.45, 7) is 4.74. The standard InChI is InChI=1S/C14H22N4O2/c1-9-7-12(13(10(2)16-9)14(15)17-20)18-6-4-3-5-11(18)8-19/h7,11,19-20H,3-6,8H2,1-2H3,(H2,15,17). The number of aliphatic hydroxyl groups excluding tert-OH is 1. The minimum absolute atomic E-state index is 0.0623. The van der Waals surface area contributed by atoms with E-state index in [9.17, 15) is 5.11 Å². The maximum atomic E-state index is 9.58. The monoisotopic (exact) mass is 278 g/mol. The Labute approximate surface area is 118 Å². The lowest BCUT2D eigenvalue weighted by Crippen LogP contribution is -2.43. The van der Waals surface area contributed by atoms with Gasteiger partial charge in [0.25, 0.3) is 0 Å². The number of piperidine rings is 1. The Morgan fingerprint density at radius 3 is 2.90 bits per heavy atom. The molecule has 1 aromatic heterocycles. The van der Waals surface area contributed by atoms with Crippen LogP contribution in [0.3, 0.4) is 0 Å². The van der Waals surface area contributed by atoms with Gasteiger partial charge in [0.05, 0.1) is 29.6 Å². The minimum atomic E-state index is 0.0623. The molecule has 20 heavy (non-hydrogen) atoms. The largest absolute Gasteiger partial charge is 0.409 e. The van der Waals surface area contributed by atoms with Crippen molar-refractivity contribution in [3.8, 4) is 0 Å². The molecule has 2 heterocycles. The lowest BCUT2D eigenvalue weighted by atomic mass is 9.99. The van der Waals surface area contributed by atoms with Crippen molar-refractivity contribution in [3.05, 3.63) is 23.0 Å². The van der Waals surface area contributed by atoms with E-state index in [1.807, 2.05) is 19.9 Å². The molecule has 6 heteroatoms. The molecular weight excluding hydrogens is 256 g/mol. The number of oxime groups is 1. The lowest BCUT2D eigenvalue weighted by molar-refractivity contribution is 0.240. The second-order valence-corrected chi connectivity index (χ2v) is 5.25. The van der Waals surface area contributed by atoms with Gasteiger partial charge in [-0.15, -0.1) is 0 Å². The highest BCUT2D eigenvalue weighted by molar-refractivity contribution is 6.03. The van der Waals surface area contributed by atoms with Gasteiger partial charge in [0.1, 0.15) is 0 Å². The third-order valence-corrected chi connectivity index (χ3v) is 3.82. The molecule has 1 aromatic rings. The molecule has 1 atom stereocenters. The van der Waals surface area contributed by atoms with E-state index in [2.05, 4.69) is 15.0 Å². The number of aromatic nitrogens is 1. The molecule has 1 aliphatic rings. The number of rotatable bonds is 3. The Hall–Kier alpha value is -1.82. The Balaban J connectivity index is 2.53. The van der Waals surface area contributed by atoms with Crippen molar-refractivity contribution in [3.63, 3.8) is 0 Å². The molecule has 6 nitrogen and oxygen atoms in total. The summed E-state index contributed by atoms with van der Waals surface area (Å²) in [5.74, 6) is 0.0623. The van der Waals surface area contributed by atoms with Gasteiger partial charge in [0.2, 0.25) is 0 Å². The van der Waals surface area contributed by atoms with Crippen LogP contribution in [0.15, 0.2) is 11.2 Å². The fraction of sp³-hybridized carbons (Fsp3) is 0.571. The van der Waals surface area contributed by atoms with Gasteiger partial charge >= 0.3 is 0 Å². The summed E-state index contributed by atoms with van der Waals surface area (Å²) in [7, 11) is 0. The van der Waals surface area contributed by atoms with Crippen molar-refractivity contribution in [2.45, 2.75) is 39.2 Å². The molecule has 1 aliphatic heterocycles. The Morgan fingerprint density at radius 2 is 2.25 bits per heavy atom. The smallest absolute Gasteiger partial charge is 0.174 e. The molecule has 0 aliphatic carbocycles. The summed E-state index contributed by atoms with van der Waals surface area (Å²) in [6.07, 6.45) is 3.14. The van der Waals surface area contributed by atoms with Gasteiger partial charge in [-0.1, -0.05) is 5.16 Å². The number of aliphatic hydroxyl groups is 1. The molecule has 0 radical (unpaired) electrons. The number of hydrogen-bond donors (Lipinski definition) is 3. The number of hydrogen-bond acceptors (Lipinski definition) is 5. The predicted molar refractivity (Wildman–Crippen MR) is 78.3 cm³/mol. The van der Waals surface area contributed by atoms with Crippen LogP contribution >= 0.6 is 0 Å². The molecule has 0 saturated carbocycles. The van der Waals surface area contributed by atoms with Crippen LogP contribution in [0.5, 0.6) is 0 Å². The van der Waals surface area contributed by atoms with Gasteiger partial charge in [-0.2, -0.15) is 0 Å². The van der Waals surface area contributed by atoms with Gasteiger partial charge in [-0.05, 0) is 39.2 Å². The molecule has 110 valence electrons. The van der Waals surface area contributed by atoms with Crippen molar-refractivity contribution < 1.29 is 10.3 Å². The van der Waals surface area contributed by atoms with E-state index in [-0.39, 0.29) is 18.5 Å². The van der Waals surface area contributed by atoms with Gasteiger partial charge in [0, 0.05) is 12.2 Å². The summed E-state index contributed by atoms with van der Waals surface area (Å²) < 4.78 is 0. The van der Waals surface area contributed by atoms with Gasteiger partial charge in [-0.25, -0.2) is 0 Å². The molecule has 0 amide bonds. The first-order chi connectivity index (χ1) is 9.58. The average molecular weight is 278 g/mol. The zero-order valence-electron chi connectivity index (χ0n) is 12.0. The van der Waals surface area contributed by atoms with Gasteiger partial charge < -0.3 is 20.9 Å². The molecule has 0 spiro atoms. The molecular formula is C14H22N4O2. The van der Waals surface area contributed by atoms with E-state index in [0.29, 0.717) is 5.56 Å². The van der Waals surface area contributed by atoms with Crippen molar-refractivity contribution in [1.82, 2.24) is 4.98 Å². The number of nitrogens with two attached hydrogens (primary N) is 1. The zero-order valence-corrected chi connectivity index (χ0v) is 12.0. The summed E-state index contributed by atoms with van der Waals surface area (Å²) in [5, 5.41) is 21.7. The van der Waals surface area contributed by atoms with Crippen LogP contribution in [0.1, 0.15) is 36.2 Å². The molecule has 0 bridgehead atoms. The summed E-state index contributed by atoms with van der Waals surface area (Å²) in [4.78, 5) is 6.54. The lowest BCUT2D eigenvalue weighted by Gasteiger charge is -2.37. The van der Waals surface area contributed by atoms with E-state index in [0.717, 1.165) is 42.9 Å². The van der Waals surface area contributed by atoms with Crippen LogP contribution in [0, 0.1) is 13.8 Å². The van der Waals surface area contributed by atoms with E-state index in [1.165, 1.54) is 0 Å².